The van der Waals surface area contributed by atoms with Crippen molar-refractivity contribution in [3.63, 3.8) is 0 Å². The average Bonchev–Trinajstić information content (AvgIpc) is 2.65. The number of hydrogen-bond donors (Lipinski definition) is 1. The van der Waals surface area contributed by atoms with E-state index in [4.69, 9.17) is 10.5 Å². The van der Waals surface area contributed by atoms with Crippen molar-refractivity contribution in [2.45, 2.75) is 0 Å². The smallest absolute Gasteiger partial charge is 0.226 e. The molecule has 2 rings (SSSR count). The van der Waals surface area contributed by atoms with Crippen LogP contribution in [0, 0.1) is 0 Å². The molecular weight excluding hydrogens is 180 g/mol. The topological polar surface area (TPSA) is 66.0 Å². The second kappa shape index (κ2) is 3.37. The zero-order chi connectivity index (χ0) is 9.97. The van der Waals surface area contributed by atoms with Crippen LogP contribution in [0.3, 0.4) is 0 Å². The van der Waals surface area contributed by atoms with Gasteiger partial charge in [0, 0.05) is 6.07 Å². The Labute approximate surface area is 81.1 Å². The highest BCUT2D eigenvalue weighted by atomic mass is 16.5. The summed E-state index contributed by atoms with van der Waals surface area (Å²) >= 11 is 0. The summed E-state index contributed by atoms with van der Waals surface area (Å²) in [4.78, 5) is 0. The summed E-state index contributed by atoms with van der Waals surface area (Å²) in [5, 5.41) is 7.40. The van der Waals surface area contributed by atoms with Gasteiger partial charge < -0.3 is 10.5 Å². The van der Waals surface area contributed by atoms with Crippen LogP contribution in [0.5, 0.6) is 5.75 Å². The van der Waals surface area contributed by atoms with Gasteiger partial charge in [-0.25, -0.2) is 0 Å². The van der Waals surface area contributed by atoms with Crippen LogP contribution in [0.1, 0.15) is 0 Å². The molecule has 0 saturated heterocycles. The van der Waals surface area contributed by atoms with Gasteiger partial charge in [0.2, 0.25) is 5.95 Å². The van der Waals surface area contributed by atoms with Crippen molar-refractivity contribution in [2.24, 2.45) is 0 Å². The minimum atomic E-state index is 0.359. The minimum Gasteiger partial charge on any atom is -0.497 e. The van der Waals surface area contributed by atoms with E-state index >= 15 is 0 Å². The van der Waals surface area contributed by atoms with Crippen molar-refractivity contribution in [2.75, 3.05) is 12.8 Å². The molecule has 1 heterocycles. The molecule has 0 saturated carbocycles. The van der Waals surface area contributed by atoms with Gasteiger partial charge >= 0.3 is 0 Å². The van der Waals surface area contributed by atoms with Gasteiger partial charge in [-0.1, -0.05) is 6.07 Å². The normalized spacial score (nSPS) is 10.1. The number of benzene rings is 1. The van der Waals surface area contributed by atoms with Gasteiger partial charge in [-0.05, 0) is 12.1 Å². The number of ether oxygens (including phenoxy) is 1. The number of methoxy groups -OCH3 is 1. The second-order valence-electron chi connectivity index (χ2n) is 2.76. The highest BCUT2D eigenvalue weighted by Crippen LogP contribution is 2.17. The number of nitrogens with zero attached hydrogens (tertiary/aromatic N) is 3. The van der Waals surface area contributed by atoms with E-state index in [-0.39, 0.29) is 0 Å². The van der Waals surface area contributed by atoms with E-state index in [1.807, 2.05) is 24.3 Å². The number of nitrogens with two attached hydrogens (primary N) is 1. The minimum absolute atomic E-state index is 0.359. The Bertz CT molecular complexity index is 438. The lowest BCUT2D eigenvalue weighted by Gasteiger charge is -2.05. The fourth-order valence-electron chi connectivity index (χ4n) is 1.20. The quantitative estimate of drug-likeness (QED) is 0.762. The fraction of sp³-hybridized carbons (Fsp3) is 0.111. The maximum Gasteiger partial charge on any atom is 0.226 e. The zero-order valence-electron chi connectivity index (χ0n) is 7.71. The first-order valence-electron chi connectivity index (χ1n) is 4.11. The molecule has 0 aliphatic heterocycles. The van der Waals surface area contributed by atoms with Crippen LogP contribution in [-0.2, 0) is 0 Å². The molecule has 0 spiro atoms. The Morgan fingerprint density at radius 3 is 2.93 bits per heavy atom. The van der Waals surface area contributed by atoms with Crippen LogP contribution in [0.2, 0.25) is 0 Å². The van der Waals surface area contributed by atoms with Crippen molar-refractivity contribution in [3.8, 4) is 11.4 Å². The molecule has 0 atom stereocenters. The molecule has 1 aromatic carbocycles. The van der Waals surface area contributed by atoms with Crippen LogP contribution in [-0.4, -0.2) is 21.9 Å². The third-order valence-corrected chi connectivity index (χ3v) is 1.91. The maximum atomic E-state index is 5.61. The van der Waals surface area contributed by atoms with E-state index in [0.717, 1.165) is 11.4 Å². The molecule has 72 valence electrons. The maximum absolute atomic E-state index is 5.61. The number of aromatic nitrogens is 3. The van der Waals surface area contributed by atoms with E-state index < -0.39 is 0 Å². The Morgan fingerprint density at radius 1 is 1.43 bits per heavy atom. The number of anilines is 1. The van der Waals surface area contributed by atoms with Crippen molar-refractivity contribution < 1.29 is 4.74 Å². The summed E-state index contributed by atoms with van der Waals surface area (Å²) in [6.07, 6.45) is 1.56. The highest BCUT2D eigenvalue weighted by molar-refractivity contribution is 5.42. The molecule has 5 heteroatoms. The van der Waals surface area contributed by atoms with Gasteiger partial charge in [-0.2, -0.15) is 0 Å². The van der Waals surface area contributed by atoms with Crippen LogP contribution in [0.4, 0.5) is 5.95 Å². The van der Waals surface area contributed by atoms with Crippen molar-refractivity contribution in [1.29, 1.82) is 0 Å². The number of nitrogen functional groups attached to an aromatic ring is 1. The van der Waals surface area contributed by atoms with E-state index in [1.165, 1.54) is 0 Å². The summed E-state index contributed by atoms with van der Waals surface area (Å²) in [7, 11) is 1.62. The molecule has 0 fully saturated rings. The van der Waals surface area contributed by atoms with Crippen molar-refractivity contribution in [3.05, 3.63) is 30.6 Å². The first-order chi connectivity index (χ1) is 6.81. The van der Waals surface area contributed by atoms with E-state index in [1.54, 1.807) is 18.0 Å². The molecule has 1 aromatic heterocycles. The SMILES string of the molecule is COc1cccc(-n2cnnc2N)c1. The molecule has 5 nitrogen and oxygen atoms in total. The first-order valence-corrected chi connectivity index (χ1v) is 4.11. The zero-order valence-corrected chi connectivity index (χ0v) is 7.71. The van der Waals surface area contributed by atoms with Crippen molar-refractivity contribution >= 4 is 5.95 Å². The predicted octanol–water partition coefficient (Wildman–Crippen LogP) is 0.858. The lowest BCUT2D eigenvalue weighted by atomic mass is 10.3. The van der Waals surface area contributed by atoms with Crippen molar-refractivity contribution in [1.82, 2.24) is 14.8 Å². The molecule has 0 aliphatic carbocycles. The summed E-state index contributed by atoms with van der Waals surface area (Å²) < 4.78 is 6.78. The fourth-order valence-corrected chi connectivity index (χ4v) is 1.20. The molecule has 0 unspecified atom stereocenters. The average molecular weight is 190 g/mol. The summed E-state index contributed by atoms with van der Waals surface area (Å²) in [5.74, 6) is 1.13. The molecule has 14 heavy (non-hydrogen) atoms. The predicted molar refractivity (Wildman–Crippen MR) is 52.3 cm³/mol. The molecule has 0 amide bonds. The Balaban J connectivity index is 2.47. The van der Waals surface area contributed by atoms with Gasteiger partial charge in [0.25, 0.3) is 0 Å². The van der Waals surface area contributed by atoms with E-state index in [9.17, 15) is 0 Å². The molecule has 2 N–H and O–H groups in total. The van der Waals surface area contributed by atoms with Crippen LogP contribution >= 0.6 is 0 Å². The monoisotopic (exact) mass is 190 g/mol. The molecule has 2 aromatic rings. The summed E-state index contributed by atoms with van der Waals surface area (Å²) in [6, 6.07) is 7.51. The Morgan fingerprint density at radius 2 is 2.29 bits per heavy atom. The number of hydrogen-bond acceptors (Lipinski definition) is 4. The molecule has 0 aliphatic rings. The van der Waals surface area contributed by atoms with Gasteiger partial charge in [0.15, 0.2) is 0 Å². The van der Waals surface area contributed by atoms with Gasteiger partial charge in [0.1, 0.15) is 12.1 Å². The summed E-state index contributed by atoms with van der Waals surface area (Å²) in [6.45, 7) is 0. The lowest BCUT2D eigenvalue weighted by molar-refractivity contribution is 0.414. The third kappa shape index (κ3) is 1.39. The van der Waals surface area contributed by atoms with Gasteiger partial charge in [0.05, 0.1) is 12.8 Å². The summed E-state index contributed by atoms with van der Waals surface area (Å²) in [5.41, 5.74) is 6.49. The lowest BCUT2D eigenvalue weighted by Crippen LogP contribution is -1.99. The highest BCUT2D eigenvalue weighted by Gasteiger charge is 2.02. The largest absolute Gasteiger partial charge is 0.497 e. The Hall–Kier alpha value is -2.04. The van der Waals surface area contributed by atoms with Gasteiger partial charge in [-0.15, -0.1) is 10.2 Å². The Kier molecular flexibility index (Phi) is 2.06. The standard InChI is InChI=1S/C9H10N4O/c1-14-8-4-2-3-7(5-8)13-6-11-12-9(13)10/h2-6H,1H3,(H2,10,12). The van der Waals surface area contributed by atoms with Crippen LogP contribution in [0.25, 0.3) is 5.69 Å². The van der Waals surface area contributed by atoms with Crippen LogP contribution < -0.4 is 10.5 Å². The van der Waals surface area contributed by atoms with Gasteiger partial charge in [-0.3, -0.25) is 4.57 Å². The molecule has 0 bridgehead atoms. The second-order valence-corrected chi connectivity index (χ2v) is 2.76. The van der Waals surface area contributed by atoms with Crippen LogP contribution in [0.15, 0.2) is 30.6 Å². The van der Waals surface area contributed by atoms with E-state index in [0.29, 0.717) is 5.95 Å². The van der Waals surface area contributed by atoms with E-state index in [2.05, 4.69) is 10.2 Å². The molecule has 0 radical (unpaired) electrons. The third-order valence-electron chi connectivity index (χ3n) is 1.91. The molecular formula is C9H10N4O. The number of rotatable bonds is 2. The first kappa shape index (κ1) is 8.55.